The number of likely N-dealkylation sites (tertiary alicyclic amines) is 1. The lowest BCUT2D eigenvalue weighted by molar-refractivity contribution is 0.0464. The van der Waals surface area contributed by atoms with Crippen LogP contribution in [0.4, 0.5) is 5.82 Å². The Morgan fingerprint density at radius 2 is 1.80 bits per heavy atom. The number of amides is 1. The Morgan fingerprint density at radius 1 is 0.976 bits per heavy atom. The Balaban J connectivity index is 1.23. The van der Waals surface area contributed by atoms with Crippen LogP contribution in [0, 0.1) is 6.92 Å². The zero-order valence-corrected chi connectivity index (χ0v) is 23.5. The molecule has 0 bridgehead atoms. The molecule has 1 atom stereocenters. The number of fused-ring (bicyclic) bond motifs is 2. The third-order valence-corrected chi connectivity index (χ3v) is 8.63. The van der Waals surface area contributed by atoms with Gasteiger partial charge in [-0.1, -0.05) is 53.6 Å². The van der Waals surface area contributed by atoms with E-state index in [0.717, 1.165) is 52.9 Å². The van der Waals surface area contributed by atoms with Crippen molar-refractivity contribution in [2.24, 2.45) is 0 Å². The quantitative estimate of drug-likeness (QED) is 0.242. The summed E-state index contributed by atoms with van der Waals surface area (Å²) in [6.45, 7) is 3.77. The summed E-state index contributed by atoms with van der Waals surface area (Å²) in [4.78, 5) is 21.2. The minimum absolute atomic E-state index is 0.0892. The minimum atomic E-state index is 0.0892. The highest BCUT2D eigenvalue weighted by atomic mass is 16.7. The smallest absolute Gasteiger partial charge is 0.254 e. The largest absolute Gasteiger partial charge is 0.454 e. The van der Waals surface area contributed by atoms with Crippen molar-refractivity contribution < 1.29 is 14.3 Å². The van der Waals surface area contributed by atoms with E-state index in [-0.39, 0.29) is 18.7 Å². The predicted octanol–water partition coefficient (Wildman–Crippen LogP) is 7.66. The molecule has 1 amide bonds. The molecule has 2 aliphatic heterocycles. The van der Waals surface area contributed by atoms with Gasteiger partial charge in [0, 0.05) is 24.5 Å². The number of pyridine rings is 1. The Morgan fingerprint density at radius 3 is 2.61 bits per heavy atom. The molecular formula is C35H35N3O3. The first-order chi connectivity index (χ1) is 20.1. The Labute approximate surface area is 241 Å². The van der Waals surface area contributed by atoms with Crippen LogP contribution in [0.25, 0.3) is 22.0 Å². The molecule has 41 heavy (non-hydrogen) atoms. The number of nitrogens with zero attached hydrogens (tertiary/aromatic N) is 2. The normalized spacial score (nSPS) is 17.7. The lowest BCUT2D eigenvalue weighted by Gasteiger charge is -2.42. The fraction of sp³-hybridized carbons (Fsp3) is 0.314. The molecule has 6 nitrogen and oxygen atoms in total. The second kappa shape index (κ2) is 10.9. The molecule has 1 aliphatic carbocycles. The van der Waals surface area contributed by atoms with Crippen molar-refractivity contribution >= 4 is 22.6 Å². The van der Waals surface area contributed by atoms with Crippen molar-refractivity contribution in [2.75, 3.05) is 18.7 Å². The molecule has 3 heterocycles. The van der Waals surface area contributed by atoms with Gasteiger partial charge in [-0.05, 0) is 92.5 Å². The van der Waals surface area contributed by atoms with Crippen molar-refractivity contribution in [1.82, 2.24) is 9.88 Å². The van der Waals surface area contributed by atoms with E-state index in [9.17, 15) is 4.79 Å². The standard InChI is InChI=1S/C35H35N3O3/c1-23-7-9-25(10-8-23)21-36-34-20-30(35(39)38-16-15-28(38)17-24-5-3-2-4-6-24)29-18-26(11-13-31(29)37-34)27-12-14-32-33(19-27)41-22-40-32/h5,7-14,18-20,28H,2-4,6,15-17,21-22H2,1H3,(H,36,37)/t28-/m0/s1. The average Bonchev–Trinajstić information content (AvgIpc) is 3.47. The second-order valence-electron chi connectivity index (χ2n) is 11.4. The van der Waals surface area contributed by atoms with Crippen molar-refractivity contribution in [3.63, 3.8) is 0 Å². The number of anilines is 1. The molecule has 1 saturated heterocycles. The van der Waals surface area contributed by atoms with Crippen molar-refractivity contribution in [3.05, 3.63) is 95.1 Å². The maximum atomic E-state index is 14.2. The van der Waals surface area contributed by atoms with Crippen molar-refractivity contribution in [3.8, 4) is 22.6 Å². The number of carbonyl (C=O) groups excluding carboxylic acids is 1. The summed E-state index contributed by atoms with van der Waals surface area (Å²) < 4.78 is 11.1. The first-order valence-corrected chi connectivity index (χ1v) is 14.7. The zero-order valence-electron chi connectivity index (χ0n) is 23.5. The van der Waals surface area contributed by atoms with Gasteiger partial charge in [0.05, 0.1) is 11.1 Å². The van der Waals surface area contributed by atoms with E-state index < -0.39 is 0 Å². The van der Waals surface area contributed by atoms with Crippen LogP contribution in [-0.2, 0) is 6.54 Å². The van der Waals surface area contributed by atoms with E-state index in [4.69, 9.17) is 14.5 Å². The number of nitrogens with one attached hydrogen (secondary N) is 1. The molecular weight excluding hydrogens is 510 g/mol. The second-order valence-corrected chi connectivity index (χ2v) is 11.4. The van der Waals surface area contributed by atoms with Gasteiger partial charge in [-0.2, -0.15) is 0 Å². The van der Waals surface area contributed by atoms with E-state index in [1.54, 1.807) is 0 Å². The molecule has 3 aromatic carbocycles. The lowest BCUT2D eigenvalue weighted by atomic mass is 9.88. The first-order valence-electron chi connectivity index (χ1n) is 14.7. The van der Waals surface area contributed by atoms with E-state index in [1.807, 2.05) is 30.3 Å². The van der Waals surface area contributed by atoms with Crippen LogP contribution < -0.4 is 14.8 Å². The number of allylic oxidation sites excluding steroid dienone is 1. The molecule has 1 fully saturated rings. The molecule has 0 spiro atoms. The average molecular weight is 546 g/mol. The van der Waals surface area contributed by atoms with E-state index in [0.29, 0.717) is 17.9 Å². The Kier molecular flexibility index (Phi) is 6.83. The van der Waals surface area contributed by atoms with Crippen LogP contribution in [0.2, 0.25) is 0 Å². The third kappa shape index (κ3) is 5.26. The van der Waals surface area contributed by atoms with Gasteiger partial charge < -0.3 is 19.7 Å². The van der Waals surface area contributed by atoms with Crippen molar-refractivity contribution in [1.29, 1.82) is 0 Å². The van der Waals surface area contributed by atoms with Gasteiger partial charge >= 0.3 is 0 Å². The van der Waals surface area contributed by atoms with E-state index in [2.05, 4.69) is 59.6 Å². The number of hydrogen-bond donors (Lipinski definition) is 1. The van der Waals surface area contributed by atoms with Crippen LogP contribution in [0.15, 0.2) is 78.4 Å². The molecule has 6 heteroatoms. The third-order valence-electron chi connectivity index (χ3n) is 8.63. The fourth-order valence-corrected chi connectivity index (χ4v) is 6.12. The van der Waals surface area contributed by atoms with Crippen LogP contribution in [0.1, 0.15) is 60.0 Å². The Hall–Kier alpha value is -4.32. The molecule has 0 saturated carbocycles. The summed E-state index contributed by atoms with van der Waals surface area (Å²) in [5.74, 6) is 2.30. The SMILES string of the molecule is Cc1ccc(CNc2cc(C(=O)N3CC[C@H]3CC3=CCCCC3)c3cc(-c4ccc5c(c4)OCO5)ccc3n2)cc1. The molecule has 1 N–H and O–H groups in total. The molecule has 4 aromatic rings. The first kappa shape index (κ1) is 25.6. The van der Waals surface area contributed by atoms with Gasteiger partial charge in [-0.15, -0.1) is 0 Å². The summed E-state index contributed by atoms with van der Waals surface area (Å²) in [5, 5.41) is 4.34. The number of rotatable bonds is 7. The Bertz CT molecular complexity index is 1640. The molecule has 1 aromatic heterocycles. The summed E-state index contributed by atoms with van der Waals surface area (Å²) in [7, 11) is 0. The van der Waals surface area contributed by atoms with Gasteiger partial charge in [-0.25, -0.2) is 4.98 Å². The van der Waals surface area contributed by atoms with Crippen LogP contribution in [-0.4, -0.2) is 35.2 Å². The monoisotopic (exact) mass is 545 g/mol. The van der Waals surface area contributed by atoms with E-state index >= 15 is 0 Å². The molecule has 7 rings (SSSR count). The maximum Gasteiger partial charge on any atom is 0.254 e. The summed E-state index contributed by atoms with van der Waals surface area (Å²) in [5.41, 5.74) is 7.46. The fourth-order valence-electron chi connectivity index (χ4n) is 6.12. The molecule has 0 unspecified atom stereocenters. The maximum absolute atomic E-state index is 14.2. The van der Waals surface area contributed by atoms with Crippen LogP contribution in [0.3, 0.4) is 0 Å². The highest BCUT2D eigenvalue weighted by molar-refractivity contribution is 6.08. The molecule has 0 radical (unpaired) electrons. The summed E-state index contributed by atoms with van der Waals surface area (Å²) >= 11 is 0. The van der Waals surface area contributed by atoms with Gasteiger partial charge in [0.25, 0.3) is 5.91 Å². The molecule has 208 valence electrons. The van der Waals surface area contributed by atoms with Gasteiger partial charge in [0.1, 0.15) is 5.82 Å². The highest BCUT2D eigenvalue weighted by Gasteiger charge is 2.34. The van der Waals surface area contributed by atoms with Gasteiger partial charge in [0.2, 0.25) is 6.79 Å². The van der Waals surface area contributed by atoms with Crippen LogP contribution >= 0.6 is 0 Å². The number of hydrogen-bond acceptors (Lipinski definition) is 5. The van der Waals surface area contributed by atoms with Gasteiger partial charge in [0.15, 0.2) is 11.5 Å². The molecule has 3 aliphatic rings. The number of carbonyl (C=O) groups is 1. The topological polar surface area (TPSA) is 63.7 Å². The zero-order chi connectivity index (χ0) is 27.8. The van der Waals surface area contributed by atoms with Crippen LogP contribution in [0.5, 0.6) is 11.5 Å². The van der Waals surface area contributed by atoms with Gasteiger partial charge in [-0.3, -0.25) is 4.79 Å². The number of benzene rings is 3. The highest BCUT2D eigenvalue weighted by Crippen LogP contribution is 2.38. The number of aromatic nitrogens is 1. The lowest BCUT2D eigenvalue weighted by Crippen LogP contribution is -2.51. The van der Waals surface area contributed by atoms with Crippen molar-refractivity contribution in [2.45, 2.75) is 58.0 Å². The summed E-state index contributed by atoms with van der Waals surface area (Å²) in [6.07, 6.45) is 9.34. The summed E-state index contributed by atoms with van der Waals surface area (Å²) in [6, 6.07) is 22.8. The minimum Gasteiger partial charge on any atom is -0.454 e. The number of ether oxygens (including phenoxy) is 2. The van der Waals surface area contributed by atoms with E-state index in [1.165, 1.54) is 42.4 Å². The number of aryl methyl sites for hydroxylation is 1. The predicted molar refractivity (Wildman–Crippen MR) is 162 cm³/mol.